The molecule has 0 aliphatic heterocycles. The van der Waals surface area contributed by atoms with E-state index in [1.54, 1.807) is 7.11 Å². The lowest BCUT2D eigenvalue weighted by Gasteiger charge is -2.13. The molecule has 4 heteroatoms. The van der Waals surface area contributed by atoms with E-state index in [4.69, 9.17) is 15.2 Å². The van der Waals surface area contributed by atoms with E-state index in [0.717, 1.165) is 21.4 Å². The molecule has 18 heavy (non-hydrogen) atoms. The summed E-state index contributed by atoms with van der Waals surface area (Å²) in [6.07, 6.45) is 2.05. The summed E-state index contributed by atoms with van der Waals surface area (Å²) in [5, 5.41) is 0. The van der Waals surface area contributed by atoms with Crippen LogP contribution in [-0.4, -0.2) is 19.8 Å². The lowest BCUT2D eigenvalue weighted by atomic mass is 10.1. The first kappa shape index (κ1) is 15.1. The van der Waals surface area contributed by atoms with Crippen molar-refractivity contribution >= 4 is 22.0 Å². The van der Waals surface area contributed by atoms with Crippen LogP contribution >= 0.6 is 15.9 Å². The first-order valence-corrected chi connectivity index (χ1v) is 6.73. The highest BCUT2D eigenvalue weighted by atomic mass is 79.9. The maximum atomic E-state index is 5.84. The molecule has 0 heterocycles. The van der Waals surface area contributed by atoms with Crippen molar-refractivity contribution in [2.24, 2.45) is 5.73 Å². The Bertz CT molecular complexity index is 442. The number of hydrogen-bond acceptors (Lipinski definition) is 3. The van der Waals surface area contributed by atoms with Crippen LogP contribution in [0.2, 0.25) is 0 Å². The minimum atomic E-state index is 0.0430. The molecule has 0 saturated heterocycles. The summed E-state index contributed by atoms with van der Waals surface area (Å²) in [4.78, 5) is 0. The summed E-state index contributed by atoms with van der Waals surface area (Å²) < 4.78 is 11.8. The largest absolute Gasteiger partial charge is 0.492 e. The van der Waals surface area contributed by atoms with Gasteiger partial charge in [0.1, 0.15) is 0 Å². The zero-order chi connectivity index (χ0) is 13.7. The highest BCUT2D eigenvalue weighted by Crippen LogP contribution is 2.37. The Labute approximate surface area is 117 Å². The first-order valence-electron chi connectivity index (χ1n) is 5.93. The molecular formula is C14H20BrNO2. The molecule has 0 fully saturated rings. The van der Waals surface area contributed by atoms with Gasteiger partial charge in [-0.3, -0.25) is 0 Å². The molecule has 0 amide bonds. The van der Waals surface area contributed by atoms with Crippen molar-refractivity contribution in [2.75, 3.05) is 13.7 Å². The van der Waals surface area contributed by atoms with Gasteiger partial charge in [-0.15, -0.1) is 0 Å². The number of benzene rings is 1. The van der Waals surface area contributed by atoms with Crippen molar-refractivity contribution < 1.29 is 9.47 Å². The number of ether oxygens (including phenoxy) is 2. The fourth-order valence-corrected chi connectivity index (χ4v) is 2.15. The molecule has 0 aromatic heterocycles. The lowest BCUT2D eigenvalue weighted by molar-refractivity contribution is 0.310. The Kier molecular flexibility index (Phi) is 5.69. The third-order valence-electron chi connectivity index (χ3n) is 2.65. The van der Waals surface area contributed by atoms with Crippen molar-refractivity contribution in [3.8, 4) is 11.5 Å². The van der Waals surface area contributed by atoms with Crippen LogP contribution in [0.25, 0.3) is 6.08 Å². The smallest absolute Gasteiger partial charge is 0.174 e. The van der Waals surface area contributed by atoms with E-state index < -0.39 is 0 Å². The van der Waals surface area contributed by atoms with Crippen LogP contribution < -0.4 is 15.2 Å². The number of halogens is 1. The van der Waals surface area contributed by atoms with Gasteiger partial charge >= 0.3 is 0 Å². The van der Waals surface area contributed by atoms with Gasteiger partial charge in [0.05, 0.1) is 18.2 Å². The second-order valence-electron chi connectivity index (χ2n) is 4.14. The highest BCUT2D eigenvalue weighted by Gasteiger charge is 2.10. The molecule has 2 N–H and O–H groups in total. The maximum Gasteiger partial charge on any atom is 0.174 e. The van der Waals surface area contributed by atoms with Gasteiger partial charge in [-0.25, -0.2) is 0 Å². The van der Waals surface area contributed by atoms with E-state index in [9.17, 15) is 0 Å². The second kappa shape index (κ2) is 6.81. The molecular weight excluding hydrogens is 294 g/mol. The molecule has 0 aliphatic carbocycles. The second-order valence-corrected chi connectivity index (χ2v) is 5.00. The summed E-state index contributed by atoms with van der Waals surface area (Å²) in [7, 11) is 1.63. The normalized spacial score (nSPS) is 13.3. The zero-order valence-corrected chi connectivity index (χ0v) is 12.9. The maximum absolute atomic E-state index is 5.84. The monoisotopic (exact) mass is 313 g/mol. The summed E-state index contributed by atoms with van der Waals surface area (Å²) in [6, 6.07) is 3.99. The average molecular weight is 314 g/mol. The van der Waals surface area contributed by atoms with Crippen LogP contribution in [0.3, 0.4) is 0 Å². The number of nitrogens with two attached hydrogens (primary N) is 1. The van der Waals surface area contributed by atoms with Crippen LogP contribution in [0.4, 0.5) is 0 Å². The molecule has 1 atom stereocenters. The Morgan fingerprint density at radius 1 is 1.50 bits per heavy atom. The first-order chi connectivity index (χ1) is 8.49. The number of hydrogen-bond donors (Lipinski definition) is 1. The summed E-state index contributed by atoms with van der Waals surface area (Å²) in [5.74, 6) is 1.45. The fourth-order valence-electron chi connectivity index (χ4n) is 1.53. The van der Waals surface area contributed by atoms with Crippen molar-refractivity contribution in [3.05, 3.63) is 27.7 Å². The van der Waals surface area contributed by atoms with Gasteiger partial charge < -0.3 is 15.2 Å². The fraction of sp³-hybridized carbons (Fsp3) is 0.429. The quantitative estimate of drug-likeness (QED) is 0.903. The van der Waals surface area contributed by atoms with Gasteiger partial charge in [0.15, 0.2) is 11.5 Å². The lowest BCUT2D eigenvalue weighted by Crippen LogP contribution is -2.15. The van der Waals surface area contributed by atoms with Crippen molar-refractivity contribution in [1.82, 2.24) is 0 Å². The van der Waals surface area contributed by atoms with E-state index in [2.05, 4.69) is 22.0 Å². The topological polar surface area (TPSA) is 44.5 Å². The van der Waals surface area contributed by atoms with Gasteiger partial charge in [0.25, 0.3) is 0 Å². The molecule has 1 aromatic rings. The van der Waals surface area contributed by atoms with Crippen LogP contribution in [0, 0.1) is 0 Å². The van der Waals surface area contributed by atoms with Crippen molar-refractivity contribution in [1.29, 1.82) is 0 Å². The van der Waals surface area contributed by atoms with Crippen LogP contribution in [0.1, 0.15) is 26.3 Å². The Morgan fingerprint density at radius 3 is 2.67 bits per heavy atom. The van der Waals surface area contributed by atoms with Crippen molar-refractivity contribution in [3.63, 3.8) is 0 Å². The van der Waals surface area contributed by atoms with E-state index in [-0.39, 0.29) is 6.04 Å². The third-order valence-corrected chi connectivity index (χ3v) is 3.24. The van der Waals surface area contributed by atoms with Crippen LogP contribution in [0.5, 0.6) is 11.5 Å². The molecule has 0 bridgehead atoms. The van der Waals surface area contributed by atoms with Crippen molar-refractivity contribution in [2.45, 2.75) is 26.8 Å². The molecule has 0 saturated carbocycles. The van der Waals surface area contributed by atoms with Crippen LogP contribution in [0.15, 0.2) is 22.2 Å². The summed E-state index contributed by atoms with van der Waals surface area (Å²) >= 11 is 3.49. The SMILES string of the molecule is CCOc1cc(/C=C(/C)C(C)N)cc(Br)c1OC. The van der Waals surface area contributed by atoms with Gasteiger partial charge in [0.2, 0.25) is 0 Å². The Hall–Kier alpha value is -1.00. The molecule has 0 aliphatic rings. The zero-order valence-electron chi connectivity index (χ0n) is 11.3. The summed E-state index contributed by atoms with van der Waals surface area (Å²) in [5.41, 5.74) is 8.00. The summed E-state index contributed by atoms with van der Waals surface area (Å²) in [6.45, 7) is 6.53. The van der Waals surface area contributed by atoms with E-state index in [1.807, 2.05) is 32.9 Å². The number of rotatable bonds is 5. The Morgan fingerprint density at radius 2 is 2.17 bits per heavy atom. The molecule has 100 valence electrons. The average Bonchev–Trinajstić information content (AvgIpc) is 2.29. The Balaban J connectivity index is 3.20. The van der Waals surface area contributed by atoms with Gasteiger partial charge in [-0.1, -0.05) is 11.6 Å². The minimum Gasteiger partial charge on any atom is -0.492 e. The molecule has 0 radical (unpaired) electrons. The molecule has 0 spiro atoms. The van der Waals surface area contributed by atoms with Gasteiger partial charge in [-0.2, -0.15) is 0 Å². The van der Waals surface area contributed by atoms with Gasteiger partial charge in [-0.05, 0) is 54.4 Å². The van der Waals surface area contributed by atoms with E-state index in [0.29, 0.717) is 12.4 Å². The van der Waals surface area contributed by atoms with Gasteiger partial charge in [0, 0.05) is 6.04 Å². The van der Waals surface area contributed by atoms with E-state index >= 15 is 0 Å². The van der Waals surface area contributed by atoms with E-state index in [1.165, 1.54) is 0 Å². The minimum absolute atomic E-state index is 0.0430. The third kappa shape index (κ3) is 3.75. The molecule has 1 aromatic carbocycles. The predicted molar refractivity (Wildman–Crippen MR) is 79.2 cm³/mol. The van der Waals surface area contributed by atoms with Crippen LogP contribution in [-0.2, 0) is 0 Å². The number of methoxy groups -OCH3 is 1. The highest BCUT2D eigenvalue weighted by molar-refractivity contribution is 9.10. The standard InChI is InChI=1S/C14H20BrNO2/c1-5-18-13-8-11(6-9(2)10(3)16)7-12(15)14(13)17-4/h6-8,10H,5,16H2,1-4H3/b9-6-. The molecule has 3 nitrogen and oxygen atoms in total. The molecule has 1 rings (SSSR count). The predicted octanol–water partition coefficient (Wildman–Crippen LogP) is 3.61. The molecule has 1 unspecified atom stereocenters.